The molecule has 4 aromatic rings. The van der Waals surface area contributed by atoms with Gasteiger partial charge in [-0.2, -0.15) is 0 Å². The van der Waals surface area contributed by atoms with E-state index in [1.54, 1.807) is 19.1 Å². The molecular formula is C32H35N3O5S. The highest BCUT2D eigenvalue weighted by atomic mass is 32.1. The van der Waals surface area contributed by atoms with Crippen LogP contribution in [0.3, 0.4) is 0 Å². The summed E-state index contributed by atoms with van der Waals surface area (Å²) in [4.78, 5) is 22.0. The third-order valence-corrected chi connectivity index (χ3v) is 7.86. The number of nitrogens with zero attached hydrogens (tertiary/aromatic N) is 3. The van der Waals surface area contributed by atoms with Crippen molar-refractivity contribution in [1.82, 2.24) is 14.8 Å². The number of amides is 1. The van der Waals surface area contributed by atoms with Crippen molar-refractivity contribution in [3.63, 3.8) is 0 Å². The van der Waals surface area contributed by atoms with Gasteiger partial charge in [-0.15, -0.1) is 11.3 Å². The number of methoxy groups -OCH3 is 2. The summed E-state index contributed by atoms with van der Waals surface area (Å²) >= 11 is 1.52. The highest BCUT2D eigenvalue weighted by molar-refractivity contribution is 7.09. The van der Waals surface area contributed by atoms with E-state index in [0.29, 0.717) is 43.2 Å². The van der Waals surface area contributed by atoms with E-state index < -0.39 is 0 Å². The maximum atomic E-state index is 13.2. The summed E-state index contributed by atoms with van der Waals surface area (Å²) in [5.74, 6) is 2.83. The number of carbonyl (C=O) groups excluding carboxylic acids is 1. The maximum Gasteiger partial charge on any atom is 0.273 e. The van der Waals surface area contributed by atoms with Crippen LogP contribution >= 0.6 is 11.3 Å². The predicted octanol–water partition coefficient (Wildman–Crippen LogP) is 5.71. The minimum Gasteiger partial charge on any atom is -0.493 e. The van der Waals surface area contributed by atoms with Gasteiger partial charge in [0.05, 0.1) is 20.8 Å². The lowest BCUT2D eigenvalue weighted by Gasteiger charge is -2.22. The molecule has 0 fully saturated rings. The summed E-state index contributed by atoms with van der Waals surface area (Å²) in [6.07, 6.45) is 0.694. The van der Waals surface area contributed by atoms with Crippen molar-refractivity contribution in [1.29, 1.82) is 0 Å². The quantitative estimate of drug-likeness (QED) is 0.215. The smallest absolute Gasteiger partial charge is 0.273 e. The number of fused-ring (bicyclic) bond motifs is 1. The first-order valence-corrected chi connectivity index (χ1v) is 14.4. The molecule has 3 aromatic carbocycles. The molecule has 0 saturated heterocycles. The van der Waals surface area contributed by atoms with Crippen LogP contribution < -0.4 is 18.9 Å². The molecule has 1 aliphatic rings. The number of hydrogen-bond acceptors (Lipinski definition) is 8. The van der Waals surface area contributed by atoms with E-state index in [1.165, 1.54) is 22.5 Å². The first kappa shape index (κ1) is 28.4. The van der Waals surface area contributed by atoms with Gasteiger partial charge in [0.2, 0.25) is 6.79 Å². The molecule has 0 unspecified atom stereocenters. The van der Waals surface area contributed by atoms with Gasteiger partial charge >= 0.3 is 0 Å². The van der Waals surface area contributed by atoms with Gasteiger partial charge in [0, 0.05) is 32.1 Å². The first-order chi connectivity index (χ1) is 19.9. The summed E-state index contributed by atoms with van der Waals surface area (Å²) in [5, 5.41) is 2.75. The zero-order valence-corrected chi connectivity index (χ0v) is 24.7. The molecule has 0 saturated carbocycles. The third kappa shape index (κ3) is 7.17. The van der Waals surface area contributed by atoms with Crippen molar-refractivity contribution in [2.24, 2.45) is 0 Å². The fourth-order valence-electron chi connectivity index (χ4n) is 4.72. The largest absolute Gasteiger partial charge is 0.493 e. The predicted molar refractivity (Wildman–Crippen MR) is 159 cm³/mol. The van der Waals surface area contributed by atoms with Crippen LogP contribution in [0, 0.1) is 6.92 Å². The first-order valence-electron chi connectivity index (χ1n) is 13.5. The molecule has 8 nitrogen and oxygen atoms in total. The Kier molecular flexibility index (Phi) is 9.06. The molecule has 9 heteroatoms. The molecule has 0 aliphatic carbocycles. The number of aryl methyl sites for hydroxylation is 1. The summed E-state index contributed by atoms with van der Waals surface area (Å²) in [5.41, 5.74) is 5.12. The van der Waals surface area contributed by atoms with Crippen LogP contribution in [0.25, 0.3) is 0 Å². The average Bonchev–Trinajstić information content (AvgIpc) is 3.66. The summed E-state index contributed by atoms with van der Waals surface area (Å²) in [6, 6.07) is 20.5. The second-order valence-electron chi connectivity index (χ2n) is 10.1. The fraction of sp³-hybridized carbons (Fsp3) is 0.312. The molecule has 0 spiro atoms. The zero-order chi connectivity index (χ0) is 28.8. The molecule has 1 aromatic heterocycles. The van der Waals surface area contributed by atoms with Crippen LogP contribution in [0.1, 0.15) is 37.7 Å². The van der Waals surface area contributed by atoms with E-state index in [9.17, 15) is 4.79 Å². The molecule has 0 bridgehead atoms. The van der Waals surface area contributed by atoms with Gasteiger partial charge in [0.25, 0.3) is 5.91 Å². The van der Waals surface area contributed by atoms with Gasteiger partial charge in [0.1, 0.15) is 10.7 Å². The van der Waals surface area contributed by atoms with Crippen LogP contribution in [-0.4, -0.2) is 55.3 Å². The van der Waals surface area contributed by atoms with Crippen molar-refractivity contribution in [2.75, 3.05) is 34.6 Å². The standard InChI is InChI=1S/C32H35N3O5S/c1-22-5-7-24(8-6-22)17-35(18-25-10-12-28-30(16-25)40-21-39-28)19-31-33-26(20-41-31)32(36)34(2)14-13-23-9-11-27(37-3)29(15-23)38-4/h5-12,15-16,20H,13-14,17-19,21H2,1-4H3. The number of aromatic nitrogens is 1. The van der Waals surface area contributed by atoms with Crippen molar-refractivity contribution in [3.05, 3.63) is 99.0 Å². The Morgan fingerprint density at radius 1 is 0.878 bits per heavy atom. The summed E-state index contributed by atoms with van der Waals surface area (Å²) < 4.78 is 21.8. The minimum atomic E-state index is -0.0890. The van der Waals surface area contributed by atoms with Gasteiger partial charge in [0.15, 0.2) is 23.0 Å². The monoisotopic (exact) mass is 573 g/mol. The Morgan fingerprint density at radius 3 is 2.37 bits per heavy atom. The van der Waals surface area contributed by atoms with E-state index in [2.05, 4.69) is 42.2 Å². The van der Waals surface area contributed by atoms with Gasteiger partial charge in [-0.3, -0.25) is 9.69 Å². The van der Waals surface area contributed by atoms with Crippen molar-refractivity contribution >= 4 is 17.2 Å². The second kappa shape index (κ2) is 13.1. The van der Waals surface area contributed by atoms with Crippen molar-refractivity contribution < 1.29 is 23.7 Å². The summed E-state index contributed by atoms with van der Waals surface area (Å²) in [7, 11) is 5.05. The molecule has 214 valence electrons. The molecule has 0 N–H and O–H groups in total. The number of ether oxygens (including phenoxy) is 4. The normalized spacial score (nSPS) is 12.0. The Bertz CT molecular complexity index is 1490. The van der Waals surface area contributed by atoms with E-state index in [1.807, 2.05) is 42.8 Å². The average molecular weight is 574 g/mol. The van der Waals surface area contributed by atoms with Crippen LogP contribution in [0.4, 0.5) is 0 Å². The van der Waals surface area contributed by atoms with Gasteiger partial charge in [-0.1, -0.05) is 42.0 Å². The number of rotatable bonds is 12. The highest BCUT2D eigenvalue weighted by Crippen LogP contribution is 2.33. The number of likely N-dealkylation sites (N-methyl/N-ethyl adjacent to an activating group) is 1. The third-order valence-electron chi connectivity index (χ3n) is 7.03. The van der Waals surface area contributed by atoms with Crippen LogP contribution in [0.2, 0.25) is 0 Å². The van der Waals surface area contributed by atoms with Crippen LogP contribution in [0.5, 0.6) is 23.0 Å². The molecule has 1 aliphatic heterocycles. The van der Waals surface area contributed by atoms with E-state index in [4.69, 9.17) is 23.9 Å². The second-order valence-corrected chi connectivity index (χ2v) is 11.1. The highest BCUT2D eigenvalue weighted by Gasteiger charge is 2.19. The number of carbonyl (C=O) groups is 1. The van der Waals surface area contributed by atoms with Gasteiger partial charge < -0.3 is 23.8 Å². The van der Waals surface area contributed by atoms with E-state index >= 15 is 0 Å². The molecule has 0 atom stereocenters. The van der Waals surface area contributed by atoms with Crippen LogP contribution in [-0.2, 0) is 26.1 Å². The molecule has 41 heavy (non-hydrogen) atoms. The topological polar surface area (TPSA) is 73.4 Å². The maximum absolute atomic E-state index is 13.2. The lowest BCUT2D eigenvalue weighted by atomic mass is 10.1. The lowest BCUT2D eigenvalue weighted by molar-refractivity contribution is 0.0791. The molecule has 2 heterocycles. The Balaban J connectivity index is 1.24. The van der Waals surface area contributed by atoms with E-state index in [0.717, 1.165) is 34.2 Å². The molecular weight excluding hydrogens is 538 g/mol. The van der Waals surface area contributed by atoms with Gasteiger partial charge in [-0.25, -0.2) is 4.98 Å². The van der Waals surface area contributed by atoms with E-state index in [-0.39, 0.29) is 12.7 Å². The fourth-order valence-corrected chi connectivity index (χ4v) is 5.53. The van der Waals surface area contributed by atoms with Crippen LogP contribution in [0.15, 0.2) is 66.0 Å². The lowest BCUT2D eigenvalue weighted by Crippen LogP contribution is -2.29. The Morgan fingerprint density at radius 2 is 1.59 bits per heavy atom. The number of benzene rings is 3. The molecule has 5 rings (SSSR count). The molecule has 1 amide bonds. The minimum absolute atomic E-state index is 0.0890. The van der Waals surface area contributed by atoms with Crippen molar-refractivity contribution in [3.8, 4) is 23.0 Å². The SMILES string of the molecule is COc1ccc(CCN(C)C(=O)c2csc(CN(Cc3ccc(C)cc3)Cc3ccc4c(c3)OCO4)n2)cc1OC. The van der Waals surface area contributed by atoms with Gasteiger partial charge in [-0.05, 0) is 54.3 Å². The van der Waals surface area contributed by atoms with Crippen molar-refractivity contribution in [2.45, 2.75) is 33.0 Å². The number of thiazole rings is 1. The molecule has 0 radical (unpaired) electrons. The summed E-state index contributed by atoms with van der Waals surface area (Å²) in [6.45, 7) is 4.99. The zero-order valence-electron chi connectivity index (χ0n) is 23.9. The number of hydrogen-bond donors (Lipinski definition) is 0. The Labute approximate surface area is 245 Å². The Hall–Kier alpha value is -4.08.